The molecule has 0 fully saturated rings. The molecule has 9 heteroatoms. The van der Waals surface area contributed by atoms with Gasteiger partial charge in [-0.2, -0.15) is 0 Å². The lowest BCUT2D eigenvalue weighted by molar-refractivity contribution is 0.0973. The zero-order valence-electron chi connectivity index (χ0n) is 16.1. The van der Waals surface area contributed by atoms with Crippen molar-refractivity contribution in [3.63, 3.8) is 0 Å². The Bertz CT molecular complexity index is 1080. The SMILES string of the molecule is COc1c(C)cc(Br)cc1C(=O)NC(=S)Nc1ccc(NC(=O)c2cccs2)cc1. The summed E-state index contributed by atoms with van der Waals surface area (Å²) in [5.74, 6) is -0.0512. The van der Waals surface area contributed by atoms with E-state index in [2.05, 4.69) is 31.9 Å². The Hall–Kier alpha value is -2.75. The van der Waals surface area contributed by atoms with Crippen molar-refractivity contribution in [3.05, 3.63) is 74.4 Å². The Morgan fingerprint density at radius 3 is 2.30 bits per heavy atom. The topological polar surface area (TPSA) is 79.5 Å². The molecule has 1 aromatic heterocycles. The highest BCUT2D eigenvalue weighted by Crippen LogP contribution is 2.27. The Balaban J connectivity index is 1.61. The normalized spacial score (nSPS) is 10.2. The number of nitrogens with one attached hydrogen (secondary N) is 3. The number of carbonyl (C=O) groups excluding carboxylic acids is 2. The van der Waals surface area contributed by atoms with Crippen molar-refractivity contribution < 1.29 is 14.3 Å². The molecule has 2 amide bonds. The maximum absolute atomic E-state index is 12.6. The van der Waals surface area contributed by atoms with Gasteiger partial charge in [0.25, 0.3) is 11.8 Å². The summed E-state index contributed by atoms with van der Waals surface area (Å²) in [6.07, 6.45) is 0. The van der Waals surface area contributed by atoms with Gasteiger partial charge in [0.05, 0.1) is 17.6 Å². The summed E-state index contributed by atoms with van der Waals surface area (Å²) in [5.41, 5.74) is 2.53. The van der Waals surface area contributed by atoms with Crippen molar-refractivity contribution in [2.24, 2.45) is 0 Å². The van der Waals surface area contributed by atoms with Gasteiger partial charge in [0.15, 0.2) is 5.11 Å². The highest BCUT2D eigenvalue weighted by Gasteiger charge is 2.17. The predicted molar refractivity (Wildman–Crippen MR) is 128 cm³/mol. The summed E-state index contributed by atoms with van der Waals surface area (Å²) < 4.78 is 6.11. The van der Waals surface area contributed by atoms with Crippen LogP contribution in [-0.2, 0) is 0 Å². The van der Waals surface area contributed by atoms with Crippen LogP contribution in [0, 0.1) is 6.92 Å². The van der Waals surface area contributed by atoms with Crippen LogP contribution < -0.4 is 20.7 Å². The third-order valence-corrected chi connectivity index (χ3v) is 5.59. The van der Waals surface area contributed by atoms with E-state index in [1.54, 1.807) is 36.4 Å². The molecule has 0 unspecified atom stereocenters. The molecule has 3 aromatic rings. The van der Waals surface area contributed by atoms with Crippen LogP contribution in [0.3, 0.4) is 0 Å². The van der Waals surface area contributed by atoms with Crippen molar-refractivity contribution >= 4 is 67.8 Å². The second-order valence-electron chi connectivity index (χ2n) is 6.22. The van der Waals surface area contributed by atoms with Gasteiger partial charge < -0.3 is 15.4 Å². The number of thiocarbonyl (C=S) groups is 1. The summed E-state index contributed by atoms with van der Waals surface area (Å²) in [6, 6.07) is 14.1. The number of hydrogen-bond acceptors (Lipinski definition) is 5. The molecule has 2 aromatic carbocycles. The fourth-order valence-electron chi connectivity index (χ4n) is 2.74. The lowest BCUT2D eigenvalue weighted by atomic mass is 10.1. The predicted octanol–water partition coefficient (Wildman–Crippen LogP) is 5.21. The Kier molecular flexibility index (Phi) is 7.20. The number of carbonyl (C=O) groups is 2. The monoisotopic (exact) mass is 503 g/mol. The summed E-state index contributed by atoms with van der Waals surface area (Å²) >= 11 is 10.0. The van der Waals surface area contributed by atoms with E-state index in [1.807, 2.05) is 24.4 Å². The quantitative estimate of drug-likeness (QED) is 0.416. The average molecular weight is 504 g/mol. The molecule has 0 saturated carbocycles. The largest absolute Gasteiger partial charge is 0.496 e. The first-order chi connectivity index (χ1) is 14.4. The summed E-state index contributed by atoms with van der Waals surface area (Å²) in [4.78, 5) is 25.4. The molecule has 30 heavy (non-hydrogen) atoms. The molecular formula is C21H18BrN3O3S2. The maximum atomic E-state index is 12.6. The van der Waals surface area contributed by atoms with E-state index in [4.69, 9.17) is 17.0 Å². The first-order valence-electron chi connectivity index (χ1n) is 8.78. The first-order valence-corrected chi connectivity index (χ1v) is 10.9. The van der Waals surface area contributed by atoms with Crippen molar-refractivity contribution in [3.8, 4) is 5.75 Å². The third-order valence-electron chi connectivity index (χ3n) is 4.06. The van der Waals surface area contributed by atoms with Crippen molar-refractivity contribution in [1.82, 2.24) is 5.32 Å². The molecule has 3 rings (SSSR count). The van der Waals surface area contributed by atoms with E-state index in [0.29, 0.717) is 27.6 Å². The van der Waals surface area contributed by atoms with Crippen LogP contribution in [0.25, 0.3) is 0 Å². The zero-order valence-corrected chi connectivity index (χ0v) is 19.3. The standard InChI is InChI=1S/C21H18BrN3O3S2/c1-12-10-13(22)11-16(18(12)28-2)19(26)25-21(29)24-15-7-5-14(6-8-15)23-20(27)17-4-3-9-30-17/h3-11H,1-2H3,(H,23,27)(H2,24,25,26,29). The van der Waals surface area contributed by atoms with Gasteiger partial charge in [-0.15, -0.1) is 11.3 Å². The number of hydrogen-bond donors (Lipinski definition) is 3. The van der Waals surface area contributed by atoms with Gasteiger partial charge in [-0.1, -0.05) is 22.0 Å². The molecule has 0 spiro atoms. The van der Waals surface area contributed by atoms with Crippen LogP contribution in [0.1, 0.15) is 25.6 Å². The lowest BCUT2D eigenvalue weighted by Crippen LogP contribution is -2.34. The second-order valence-corrected chi connectivity index (χ2v) is 8.49. The molecule has 0 bridgehead atoms. The van der Waals surface area contributed by atoms with Crippen molar-refractivity contribution in [1.29, 1.82) is 0 Å². The van der Waals surface area contributed by atoms with E-state index < -0.39 is 0 Å². The van der Waals surface area contributed by atoms with Gasteiger partial charge >= 0.3 is 0 Å². The fourth-order valence-corrected chi connectivity index (χ4v) is 4.14. The Labute approximate surface area is 191 Å². The molecular weight excluding hydrogens is 486 g/mol. The number of methoxy groups -OCH3 is 1. The molecule has 1 heterocycles. The van der Waals surface area contributed by atoms with Crippen LogP contribution in [0.5, 0.6) is 5.75 Å². The van der Waals surface area contributed by atoms with Crippen LogP contribution in [0.4, 0.5) is 11.4 Å². The van der Waals surface area contributed by atoms with Crippen LogP contribution in [0.15, 0.2) is 58.4 Å². The highest BCUT2D eigenvalue weighted by molar-refractivity contribution is 9.10. The van der Waals surface area contributed by atoms with E-state index in [1.165, 1.54) is 18.4 Å². The number of benzene rings is 2. The molecule has 0 aliphatic carbocycles. The van der Waals surface area contributed by atoms with Crippen molar-refractivity contribution in [2.45, 2.75) is 6.92 Å². The highest BCUT2D eigenvalue weighted by atomic mass is 79.9. The third kappa shape index (κ3) is 5.44. The molecule has 0 saturated heterocycles. The lowest BCUT2D eigenvalue weighted by Gasteiger charge is -2.14. The van der Waals surface area contributed by atoms with Crippen LogP contribution >= 0.6 is 39.5 Å². The van der Waals surface area contributed by atoms with E-state index in [9.17, 15) is 9.59 Å². The zero-order chi connectivity index (χ0) is 21.7. The van der Waals surface area contributed by atoms with E-state index in [-0.39, 0.29) is 16.9 Å². The minimum atomic E-state index is -0.381. The first kappa shape index (κ1) is 21.9. The number of halogens is 1. The number of anilines is 2. The Morgan fingerprint density at radius 1 is 1.03 bits per heavy atom. The minimum Gasteiger partial charge on any atom is -0.496 e. The number of rotatable bonds is 5. The van der Waals surface area contributed by atoms with Gasteiger partial charge in [0, 0.05) is 15.8 Å². The summed E-state index contributed by atoms with van der Waals surface area (Å²) in [7, 11) is 1.52. The summed E-state index contributed by atoms with van der Waals surface area (Å²) in [5, 5.41) is 10.4. The average Bonchev–Trinajstić information content (AvgIpc) is 3.24. The second kappa shape index (κ2) is 9.84. The molecule has 3 N–H and O–H groups in total. The molecule has 154 valence electrons. The fraction of sp³-hybridized carbons (Fsp3) is 0.0952. The molecule has 0 aliphatic heterocycles. The number of aryl methyl sites for hydroxylation is 1. The van der Waals surface area contributed by atoms with E-state index in [0.717, 1.165) is 10.0 Å². The van der Waals surface area contributed by atoms with Gasteiger partial charge in [0.1, 0.15) is 5.75 Å². The molecule has 0 radical (unpaired) electrons. The Morgan fingerprint density at radius 2 is 1.70 bits per heavy atom. The van der Waals surface area contributed by atoms with Crippen molar-refractivity contribution in [2.75, 3.05) is 17.7 Å². The number of thiophene rings is 1. The number of amides is 2. The maximum Gasteiger partial charge on any atom is 0.265 e. The van der Waals surface area contributed by atoms with Crippen LogP contribution in [0.2, 0.25) is 0 Å². The minimum absolute atomic E-state index is 0.148. The summed E-state index contributed by atoms with van der Waals surface area (Å²) in [6.45, 7) is 1.86. The molecule has 0 atom stereocenters. The smallest absolute Gasteiger partial charge is 0.265 e. The van der Waals surface area contributed by atoms with Gasteiger partial charge in [-0.3, -0.25) is 14.9 Å². The van der Waals surface area contributed by atoms with Crippen LogP contribution in [-0.4, -0.2) is 24.0 Å². The molecule has 0 aliphatic rings. The molecule has 6 nitrogen and oxygen atoms in total. The van der Waals surface area contributed by atoms with Gasteiger partial charge in [0.2, 0.25) is 0 Å². The van der Waals surface area contributed by atoms with Gasteiger partial charge in [-0.25, -0.2) is 0 Å². The van der Waals surface area contributed by atoms with Gasteiger partial charge in [-0.05, 0) is 72.5 Å². The van der Waals surface area contributed by atoms with E-state index >= 15 is 0 Å². The number of ether oxygens (including phenoxy) is 1.